The molecule has 0 aliphatic rings. The molecule has 0 amide bonds. The lowest BCUT2D eigenvalue weighted by Gasteiger charge is -2.06. The maximum absolute atomic E-state index is 12.1. The van der Waals surface area contributed by atoms with Crippen molar-refractivity contribution in [2.75, 3.05) is 0 Å². The van der Waals surface area contributed by atoms with Gasteiger partial charge in [0, 0.05) is 7.05 Å². The summed E-state index contributed by atoms with van der Waals surface area (Å²) in [6, 6.07) is 0. The summed E-state index contributed by atoms with van der Waals surface area (Å²) in [6.07, 6.45) is -4.07. The van der Waals surface area contributed by atoms with Gasteiger partial charge in [-0.2, -0.15) is 27.1 Å². The number of nitrogens with zero attached hydrogens (tertiary/aromatic N) is 2. The summed E-state index contributed by atoms with van der Waals surface area (Å²) in [4.78, 5) is 0. The van der Waals surface area contributed by atoms with Gasteiger partial charge < -0.3 is 4.74 Å². The van der Waals surface area contributed by atoms with Crippen molar-refractivity contribution in [2.45, 2.75) is 12.8 Å². The Morgan fingerprint density at radius 2 is 2.00 bits per heavy atom. The van der Waals surface area contributed by atoms with Crippen LogP contribution in [0.1, 0.15) is 5.69 Å². The van der Waals surface area contributed by atoms with Crippen LogP contribution in [-0.4, -0.2) is 16.4 Å². The van der Waals surface area contributed by atoms with Gasteiger partial charge in [-0.1, -0.05) is 0 Å². The van der Waals surface area contributed by atoms with Crippen LogP contribution in [0.3, 0.4) is 0 Å². The van der Waals surface area contributed by atoms with Crippen LogP contribution in [0.2, 0.25) is 0 Å². The molecule has 0 aliphatic heterocycles. The second-order valence-electron chi connectivity index (χ2n) is 2.39. The molecule has 1 heterocycles. The average molecular weight is 216 g/mol. The second-order valence-corrected chi connectivity index (χ2v) is 2.39. The highest BCUT2D eigenvalue weighted by molar-refractivity contribution is 5.27. The van der Waals surface area contributed by atoms with Crippen LogP contribution in [-0.2, 0) is 13.2 Å². The molecule has 3 nitrogen and oxygen atoms in total. The predicted molar refractivity (Wildman–Crippen MR) is 34.8 cm³/mol. The van der Waals surface area contributed by atoms with Crippen molar-refractivity contribution in [1.29, 1.82) is 0 Å². The largest absolute Gasteiger partial charge is 0.438 e. The molecule has 0 aliphatic carbocycles. The number of aryl methyl sites for hydroxylation is 1. The van der Waals surface area contributed by atoms with Crippen LogP contribution >= 0.6 is 0 Å². The van der Waals surface area contributed by atoms with Crippen molar-refractivity contribution in [1.82, 2.24) is 9.78 Å². The smallest absolute Gasteiger partial charge is 0.431 e. The molecule has 80 valence electrons. The first-order chi connectivity index (χ1) is 6.30. The minimum atomic E-state index is -4.80. The van der Waals surface area contributed by atoms with E-state index in [4.69, 9.17) is 0 Å². The van der Waals surface area contributed by atoms with Crippen LogP contribution in [0.25, 0.3) is 0 Å². The Balaban J connectivity index is 3.03. The Morgan fingerprint density at radius 1 is 1.43 bits per heavy atom. The minimum Gasteiger partial charge on any atom is -0.431 e. The Kier molecular flexibility index (Phi) is 2.63. The predicted octanol–water partition coefficient (Wildman–Crippen LogP) is 2.04. The highest BCUT2D eigenvalue weighted by Gasteiger charge is 2.38. The van der Waals surface area contributed by atoms with Crippen molar-refractivity contribution in [3.8, 4) is 5.75 Å². The fourth-order valence-electron chi connectivity index (χ4n) is 0.845. The molecule has 0 radical (unpaired) electrons. The van der Waals surface area contributed by atoms with Gasteiger partial charge in [-0.3, -0.25) is 4.68 Å². The summed E-state index contributed by atoms with van der Waals surface area (Å²) in [5.41, 5.74) is -1.46. The van der Waals surface area contributed by atoms with Gasteiger partial charge in [0.2, 0.25) is 5.69 Å². The van der Waals surface area contributed by atoms with E-state index in [1.54, 1.807) is 0 Å². The number of halogens is 5. The highest BCUT2D eigenvalue weighted by Crippen LogP contribution is 2.35. The third-order valence-corrected chi connectivity index (χ3v) is 1.28. The SMILES string of the molecule is Cn1cc(OC(F)F)c(C(F)(F)F)n1. The molecule has 0 fully saturated rings. The number of rotatable bonds is 2. The van der Waals surface area contributed by atoms with Gasteiger partial charge in [0.05, 0.1) is 6.20 Å². The van der Waals surface area contributed by atoms with E-state index in [0.717, 1.165) is 10.9 Å². The zero-order chi connectivity index (χ0) is 10.9. The molecule has 0 aromatic carbocycles. The van der Waals surface area contributed by atoms with Crippen molar-refractivity contribution < 1.29 is 26.7 Å². The van der Waals surface area contributed by atoms with E-state index in [9.17, 15) is 22.0 Å². The second kappa shape index (κ2) is 3.43. The monoisotopic (exact) mass is 216 g/mol. The summed E-state index contributed by atoms with van der Waals surface area (Å²) in [5, 5.41) is 2.97. The van der Waals surface area contributed by atoms with E-state index in [-0.39, 0.29) is 0 Å². The minimum absolute atomic E-state index is 0.731. The lowest BCUT2D eigenvalue weighted by molar-refractivity contribution is -0.145. The first kappa shape index (κ1) is 10.7. The molecule has 0 atom stereocenters. The van der Waals surface area contributed by atoms with E-state index >= 15 is 0 Å². The maximum atomic E-state index is 12.1. The van der Waals surface area contributed by atoms with Crippen LogP contribution in [0, 0.1) is 0 Å². The number of hydrogen-bond acceptors (Lipinski definition) is 2. The van der Waals surface area contributed by atoms with Crippen LogP contribution < -0.4 is 4.74 Å². The van der Waals surface area contributed by atoms with Gasteiger partial charge in [-0.25, -0.2) is 0 Å². The standard InChI is InChI=1S/C6H5F5N2O/c1-13-2-3(14-5(7)8)4(12-13)6(9,10)11/h2,5H,1H3. The molecule has 0 saturated heterocycles. The Labute approximate surface area is 75.1 Å². The summed E-state index contributed by atoms with van der Waals surface area (Å²) in [5.74, 6) is -0.977. The molecule has 1 aromatic heterocycles. The molecule has 0 unspecified atom stereocenters. The molecule has 8 heteroatoms. The third-order valence-electron chi connectivity index (χ3n) is 1.28. The number of alkyl halides is 5. The first-order valence-electron chi connectivity index (χ1n) is 3.36. The van der Waals surface area contributed by atoms with Gasteiger partial charge in [-0.05, 0) is 0 Å². The fraction of sp³-hybridized carbons (Fsp3) is 0.500. The Bertz CT molecular complexity index is 319. The molecular formula is C6H5F5N2O. The van der Waals surface area contributed by atoms with Gasteiger partial charge in [-0.15, -0.1) is 0 Å². The molecule has 0 N–H and O–H groups in total. The maximum Gasteiger partial charge on any atom is 0.438 e. The van der Waals surface area contributed by atoms with E-state index in [0.29, 0.717) is 0 Å². The van der Waals surface area contributed by atoms with Crippen molar-refractivity contribution >= 4 is 0 Å². The molecule has 0 spiro atoms. The van der Waals surface area contributed by atoms with Gasteiger partial charge >= 0.3 is 12.8 Å². The Hall–Kier alpha value is -1.34. The summed E-state index contributed by atoms with van der Waals surface area (Å²) in [6.45, 7) is -3.31. The fourth-order valence-corrected chi connectivity index (χ4v) is 0.845. The zero-order valence-electron chi connectivity index (χ0n) is 6.85. The molecule has 1 rings (SSSR count). The third kappa shape index (κ3) is 2.33. The van der Waals surface area contributed by atoms with Crippen molar-refractivity contribution in [3.05, 3.63) is 11.9 Å². The van der Waals surface area contributed by atoms with E-state index in [1.807, 2.05) is 0 Å². The van der Waals surface area contributed by atoms with Gasteiger partial charge in [0.1, 0.15) is 0 Å². The first-order valence-corrected chi connectivity index (χ1v) is 3.36. The normalized spacial score (nSPS) is 12.2. The topological polar surface area (TPSA) is 27.1 Å². The number of ether oxygens (including phenoxy) is 1. The van der Waals surface area contributed by atoms with E-state index < -0.39 is 24.2 Å². The summed E-state index contributed by atoms with van der Waals surface area (Å²) < 4.78 is 64.1. The van der Waals surface area contributed by atoms with Crippen LogP contribution in [0.5, 0.6) is 5.75 Å². The number of aromatic nitrogens is 2. The molecule has 0 saturated carbocycles. The highest BCUT2D eigenvalue weighted by atomic mass is 19.4. The van der Waals surface area contributed by atoms with E-state index in [1.165, 1.54) is 7.05 Å². The molecule has 1 aromatic rings. The van der Waals surface area contributed by atoms with Crippen molar-refractivity contribution in [3.63, 3.8) is 0 Å². The molecule has 14 heavy (non-hydrogen) atoms. The Morgan fingerprint density at radius 3 is 2.43 bits per heavy atom. The molecular weight excluding hydrogens is 211 g/mol. The number of hydrogen-bond donors (Lipinski definition) is 0. The summed E-state index contributed by atoms with van der Waals surface area (Å²) >= 11 is 0. The average Bonchev–Trinajstić information content (AvgIpc) is 2.28. The van der Waals surface area contributed by atoms with Gasteiger partial charge in [0.15, 0.2) is 5.75 Å². The van der Waals surface area contributed by atoms with Crippen LogP contribution in [0.15, 0.2) is 6.20 Å². The van der Waals surface area contributed by atoms with E-state index in [2.05, 4.69) is 9.84 Å². The lowest BCUT2D eigenvalue weighted by atomic mass is 10.4. The van der Waals surface area contributed by atoms with Gasteiger partial charge in [0.25, 0.3) is 0 Å². The van der Waals surface area contributed by atoms with Crippen molar-refractivity contribution in [2.24, 2.45) is 7.05 Å². The lowest BCUT2D eigenvalue weighted by Crippen LogP contribution is -2.11. The van der Waals surface area contributed by atoms with Crippen LogP contribution in [0.4, 0.5) is 22.0 Å². The quantitative estimate of drug-likeness (QED) is 0.707. The molecule has 0 bridgehead atoms. The summed E-state index contributed by atoms with van der Waals surface area (Å²) in [7, 11) is 1.17. The zero-order valence-corrected chi connectivity index (χ0v) is 6.85.